The van der Waals surface area contributed by atoms with Crippen LogP contribution in [-0.2, 0) is 65.4 Å². The molecule has 3 N–H and O–H groups in total. The van der Waals surface area contributed by atoms with E-state index in [9.17, 15) is 43.2 Å². The second-order valence-electron chi connectivity index (χ2n) is 26.1. The van der Waals surface area contributed by atoms with E-state index in [-0.39, 0.29) is 25.7 Å². The van der Waals surface area contributed by atoms with E-state index < -0.39 is 97.5 Å². The quantitative estimate of drug-likeness (QED) is 0.0169. The summed E-state index contributed by atoms with van der Waals surface area (Å²) in [6.07, 6.45) is 53.3. The van der Waals surface area contributed by atoms with Crippen LogP contribution >= 0.6 is 15.6 Å². The zero-order chi connectivity index (χ0) is 67.9. The number of phosphoric ester groups is 2. The first-order valence-electron chi connectivity index (χ1n) is 37.4. The molecule has 0 heterocycles. The van der Waals surface area contributed by atoms with Crippen molar-refractivity contribution in [2.75, 3.05) is 39.6 Å². The Balaban J connectivity index is 5.31. The smallest absolute Gasteiger partial charge is 0.462 e. The number of unbranched alkanes of at least 4 members (excludes halogenated alkanes) is 35. The Morgan fingerprint density at radius 3 is 0.924 bits per heavy atom. The molecule has 0 bridgehead atoms. The molecule has 0 aliphatic heterocycles. The first-order chi connectivity index (χ1) is 44.4. The van der Waals surface area contributed by atoms with Gasteiger partial charge < -0.3 is 33.8 Å². The Morgan fingerprint density at radius 2 is 0.609 bits per heavy atom. The number of hydrogen-bond acceptors (Lipinski definition) is 15. The first kappa shape index (κ1) is 89.5. The third-order valence-corrected chi connectivity index (χ3v) is 19.0. The number of aliphatic hydroxyl groups excluding tert-OH is 1. The van der Waals surface area contributed by atoms with Crippen molar-refractivity contribution in [1.82, 2.24) is 0 Å². The van der Waals surface area contributed by atoms with Gasteiger partial charge in [0.25, 0.3) is 0 Å². The van der Waals surface area contributed by atoms with Crippen molar-refractivity contribution < 1.29 is 80.2 Å². The molecule has 19 heteroatoms. The van der Waals surface area contributed by atoms with E-state index in [4.69, 9.17) is 37.0 Å². The van der Waals surface area contributed by atoms with Crippen molar-refractivity contribution in [3.63, 3.8) is 0 Å². The summed E-state index contributed by atoms with van der Waals surface area (Å²) in [5, 5.41) is 10.6. The van der Waals surface area contributed by atoms with Crippen LogP contribution < -0.4 is 0 Å². The molecule has 0 aromatic rings. The maximum atomic E-state index is 13.0. The molecule has 7 atom stereocenters. The molecule has 0 aromatic carbocycles. The zero-order valence-electron chi connectivity index (χ0n) is 59.3. The molecule has 4 unspecified atom stereocenters. The summed E-state index contributed by atoms with van der Waals surface area (Å²) < 4.78 is 68.4. The van der Waals surface area contributed by atoms with E-state index in [1.807, 2.05) is 0 Å². The minimum Gasteiger partial charge on any atom is -0.462 e. The summed E-state index contributed by atoms with van der Waals surface area (Å²) in [5.41, 5.74) is 0. The normalized spacial score (nSPS) is 14.8. The number of aliphatic hydroxyl groups is 1. The third-order valence-electron chi connectivity index (χ3n) is 17.1. The highest BCUT2D eigenvalue weighted by molar-refractivity contribution is 7.47. The highest BCUT2D eigenvalue weighted by Crippen LogP contribution is 2.45. The Kier molecular flexibility index (Phi) is 62.8. The largest absolute Gasteiger partial charge is 0.472 e. The van der Waals surface area contributed by atoms with Gasteiger partial charge >= 0.3 is 39.5 Å². The molecule has 0 rings (SSSR count). The molecule has 0 fully saturated rings. The van der Waals surface area contributed by atoms with Crippen LogP contribution in [0.4, 0.5) is 0 Å². The minimum atomic E-state index is -4.96. The molecular weight excluding hydrogens is 1210 g/mol. The van der Waals surface area contributed by atoms with E-state index in [1.54, 1.807) is 0 Å². The van der Waals surface area contributed by atoms with E-state index >= 15 is 0 Å². The number of phosphoric acid groups is 2. The van der Waals surface area contributed by atoms with Crippen LogP contribution in [0.2, 0.25) is 0 Å². The van der Waals surface area contributed by atoms with E-state index in [0.717, 1.165) is 115 Å². The SMILES string of the molecule is CCCCCC/C=C\C=C/CCCCCCCC(=O)O[C@H](COC(=O)CCCCCCCCCCCCC(C)CC)COP(=O)(O)OC[C@@H](O)COP(=O)(O)OC[C@@H](COC(=O)CCCCCCCCCCCCC)OC(=O)CCCCCCCCCCC(C)CC. The van der Waals surface area contributed by atoms with Crippen molar-refractivity contribution in [3.05, 3.63) is 24.3 Å². The van der Waals surface area contributed by atoms with Crippen LogP contribution in [0, 0.1) is 11.8 Å². The van der Waals surface area contributed by atoms with E-state index in [0.29, 0.717) is 25.7 Å². The summed E-state index contributed by atoms with van der Waals surface area (Å²) >= 11 is 0. The summed E-state index contributed by atoms with van der Waals surface area (Å²) in [4.78, 5) is 72.7. The van der Waals surface area contributed by atoms with Gasteiger partial charge in [-0.2, -0.15) is 0 Å². The molecule has 0 amide bonds. The van der Waals surface area contributed by atoms with Gasteiger partial charge in [-0.25, -0.2) is 9.13 Å². The molecule has 0 spiro atoms. The summed E-state index contributed by atoms with van der Waals surface area (Å²) in [6.45, 7) is 9.52. The second kappa shape index (κ2) is 64.5. The number of hydrogen-bond donors (Lipinski definition) is 3. The van der Waals surface area contributed by atoms with Gasteiger partial charge in [0.15, 0.2) is 12.2 Å². The van der Waals surface area contributed by atoms with Gasteiger partial charge in [-0.15, -0.1) is 0 Å². The zero-order valence-corrected chi connectivity index (χ0v) is 61.1. The van der Waals surface area contributed by atoms with E-state index in [2.05, 4.69) is 65.8 Å². The highest BCUT2D eigenvalue weighted by Gasteiger charge is 2.30. The van der Waals surface area contributed by atoms with Crippen molar-refractivity contribution in [1.29, 1.82) is 0 Å². The highest BCUT2D eigenvalue weighted by atomic mass is 31.2. The molecular formula is C73H138O17P2. The van der Waals surface area contributed by atoms with Crippen LogP contribution in [0.3, 0.4) is 0 Å². The third kappa shape index (κ3) is 63.6. The second-order valence-corrected chi connectivity index (χ2v) is 29.0. The van der Waals surface area contributed by atoms with Gasteiger partial charge in [0.2, 0.25) is 0 Å². The molecule has 0 aliphatic carbocycles. The maximum Gasteiger partial charge on any atom is 0.472 e. The van der Waals surface area contributed by atoms with Crippen LogP contribution in [0.15, 0.2) is 24.3 Å². The summed E-state index contributed by atoms with van der Waals surface area (Å²) in [5.74, 6) is -0.576. The lowest BCUT2D eigenvalue weighted by Crippen LogP contribution is -2.30. The Hall–Kier alpha value is -2.46. The lowest BCUT2D eigenvalue weighted by molar-refractivity contribution is -0.161. The predicted octanol–water partition coefficient (Wildman–Crippen LogP) is 20.7. The standard InChI is InChI=1S/C73H138O17P2/c1-7-11-13-15-17-19-21-22-23-24-26-32-39-45-51-57-72(77)89-68(61-84-71(76)56-50-44-38-31-28-27-29-35-41-47-53-65(5)9-3)63-87-91(79,80)85-59-67(74)60-86-92(81,82)88-64-69(62-83-70(75)55-49-43-37-30-25-20-18-16-14-12-8-2)90-73(78)58-52-46-40-34-33-36-42-48-54-66(6)10-4/h19,21-23,65-69,74H,7-18,20,24-64H2,1-6H3,(H,79,80)(H,81,82)/b21-19-,23-22-/t65?,66?,67-,68-,69-/m1/s1. The number of esters is 4. The Labute approximate surface area is 561 Å². The Morgan fingerprint density at radius 1 is 0.348 bits per heavy atom. The fourth-order valence-electron chi connectivity index (χ4n) is 10.5. The lowest BCUT2D eigenvalue weighted by atomic mass is 9.99. The number of allylic oxidation sites excluding steroid dienone is 4. The van der Waals surface area contributed by atoms with Gasteiger partial charge in [-0.1, -0.05) is 297 Å². The molecule has 0 saturated carbocycles. The fourth-order valence-corrected chi connectivity index (χ4v) is 12.1. The summed E-state index contributed by atoms with van der Waals surface area (Å²) in [6, 6.07) is 0. The average molecular weight is 1350 g/mol. The van der Waals surface area contributed by atoms with Gasteiger partial charge in [0.05, 0.1) is 26.4 Å². The van der Waals surface area contributed by atoms with Crippen molar-refractivity contribution in [3.8, 4) is 0 Å². The fraction of sp³-hybridized carbons (Fsp3) is 0.890. The van der Waals surface area contributed by atoms with Crippen LogP contribution in [0.5, 0.6) is 0 Å². The Bertz CT molecular complexity index is 1880. The first-order valence-corrected chi connectivity index (χ1v) is 40.4. The predicted molar refractivity (Wildman–Crippen MR) is 372 cm³/mol. The maximum absolute atomic E-state index is 13.0. The van der Waals surface area contributed by atoms with Crippen LogP contribution in [0.1, 0.15) is 350 Å². The minimum absolute atomic E-state index is 0.0847. The van der Waals surface area contributed by atoms with Crippen molar-refractivity contribution in [2.45, 2.75) is 368 Å². The van der Waals surface area contributed by atoms with Crippen LogP contribution in [0.25, 0.3) is 0 Å². The molecule has 92 heavy (non-hydrogen) atoms. The van der Waals surface area contributed by atoms with Crippen molar-refractivity contribution in [2.24, 2.45) is 11.8 Å². The number of ether oxygens (including phenoxy) is 4. The molecule has 542 valence electrons. The van der Waals surface area contributed by atoms with Gasteiger partial charge in [-0.3, -0.25) is 37.3 Å². The molecule has 0 aromatic heterocycles. The monoisotopic (exact) mass is 1350 g/mol. The van der Waals surface area contributed by atoms with Crippen molar-refractivity contribution >= 4 is 39.5 Å². The molecule has 0 radical (unpaired) electrons. The van der Waals surface area contributed by atoms with Gasteiger partial charge in [0.1, 0.15) is 19.3 Å². The number of carbonyl (C=O) groups is 4. The average Bonchev–Trinajstić information content (AvgIpc) is 3.71. The number of carbonyl (C=O) groups excluding carboxylic acids is 4. The van der Waals surface area contributed by atoms with Gasteiger partial charge in [-0.05, 0) is 63.2 Å². The van der Waals surface area contributed by atoms with Crippen LogP contribution in [-0.4, -0.2) is 96.7 Å². The summed E-state index contributed by atoms with van der Waals surface area (Å²) in [7, 11) is -9.92. The van der Waals surface area contributed by atoms with Gasteiger partial charge in [0, 0.05) is 25.7 Å². The topological polar surface area (TPSA) is 237 Å². The molecule has 0 aliphatic rings. The lowest BCUT2D eigenvalue weighted by Gasteiger charge is -2.21. The molecule has 0 saturated heterocycles. The number of rotatable bonds is 70. The van der Waals surface area contributed by atoms with E-state index in [1.165, 1.54) is 154 Å². The molecule has 17 nitrogen and oxygen atoms in total.